The number of ether oxygens (including phenoxy) is 4. The molecule has 7 nitrogen and oxygen atoms in total. The lowest BCUT2D eigenvalue weighted by Crippen LogP contribution is -2.18. The molecule has 3 aromatic carbocycles. The smallest absolute Gasteiger partial charge is 0.349 e. The van der Waals surface area contributed by atoms with E-state index < -0.39 is 5.97 Å². The summed E-state index contributed by atoms with van der Waals surface area (Å²) in [7, 11) is 1.58. The van der Waals surface area contributed by atoms with Gasteiger partial charge in [0, 0.05) is 11.3 Å². The minimum Gasteiger partial charge on any atom is -0.497 e. The summed E-state index contributed by atoms with van der Waals surface area (Å²) >= 11 is 0. The maximum absolute atomic E-state index is 12.3. The van der Waals surface area contributed by atoms with Crippen molar-refractivity contribution in [2.24, 2.45) is 0 Å². The molecule has 3 aromatic rings. The first-order valence-electron chi connectivity index (χ1n) is 9.69. The number of rotatable bonds is 9. The highest BCUT2D eigenvalue weighted by Crippen LogP contribution is 2.19. The summed E-state index contributed by atoms with van der Waals surface area (Å²) in [4.78, 5) is 24.4. The third kappa shape index (κ3) is 6.50. The highest BCUT2D eigenvalue weighted by atomic mass is 16.6. The van der Waals surface area contributed by atoms with Crippen molar-refractivity contribution < 1.29 is 28.5 Å². The van der Waals surface area contributed by atoms with Crippen LogP contribution >= 0.6 is 0 Å². The van der Waals surface area contributed by atoms with Gasteiger partial charge in [-0.05, 0) is 79.7 Å². The summed E-state index contributed by atoms with van der Waals surface area (Å²) < 4.78 is 21.1. The van der Waals surface area contributed by atoms with Crippen LogP contribution in [0.2, 0.25) is 0 Å². The molecule has 160 valence electrons. The molecule has 0 fully saturated rings. The van der Waals surface area contributed by atoms with Gasteiger partial charge < -0.3 is 24.3 Å². The van der Waals surface area contributed by atoms with Gasteiger partial charge in [-0.3, -0.25) is 4.79 Å². The molecule has 1 N–H and O–H groups in total. The van der Waals surface area contributed by atoms with E-state index in [2.05, 4.69) is 5.32 Å². The van der Waals surface area contributed by atoms with Crippen molar-refractivity contribution >= 4 is 17.6 Å². The molecule has 0 aliphatic carbocycles. The monoisotopic (exact) mass is 421 g/mol. The number of anilines is 1. The standard InChI is InChI=1S/C24H23NO6/c1-3-29-20-12-14-21(15-13-20)30-16-23(26)31-22-8-4-17(5-9-22)24(27)25-18-6-10-19(28-2)11-7-18/h4-15H,3,16H2,1-2H3,(H,25,27). The zero-order chi connectivity index (χ0) is 22.1. The number of hydrogen-bond donors (Lipinski definition) is 1. The molecule has 0 bridgehead atoms. The first-order chi connectivity index (χ1) is 15.1. The molecular weight excluding hydrogens is 398 g/mol. The minimum absolute atomic E-state index is 0.242. The van der Waals surface area contributed by atoms with Crippen LogP contribution in [0.25, 0.3) is 0 Å². The second-order valence-electron chi connectivity index (χ2n) is 6.37. The lowest BCUT2D eigenvalue weighted by Gasteiger charge is -2.09. The maximum atomic E-state index is 12.3. The Morgan fingerprint density at radius 1 is 0.742 bits per heavy atom. The summed E-state index contributed by atoms with van der Waals surface area (Å²) in [6.45, 7) is 2.24. The predicted octanol–water partition coefficient (Wildman–Crippen LogP) is 4.33. The van der Waals surface area contributed by atoms with Gasteiger partial charge in [0.15, 0.2) is 6.61 Å². The van der Waals surface area contributed by atoms with Crippen molar-refractivity contribution in [2.45, 2.75) is 6.92 Å². The summed E-state index contributed by atoms with van der Waals surface area (Å²) in [5.41, 5.74) is 1.08. The Labute approximate surface area is 180 Å². The summed E-state index contributed by atoms with van der Waals surface area (Å²) in [5, 5.41) is 2.79. The molecule has 31 heavy (non-hydrogen) atoms. The topological polar surface area (TPSA) is 83.1 Å². The minimum atomic E-state index is -0.552. The van der Waals surface area contributed by atoms with E-state index in [0.717, 1.165) is 5.75 Å². The van der Waals surface area contributed by atoms with Crippen LogP contribution in [-0.2, 0) is 4.79 Å². The van der Waals surface area contributed by atoms with E-state index in [1.807, 2.05) is 6.92 Å². The maximum Gasteiger partial charge on any atom is 0.349 e. The quantitative estimate of drug-likeness (QED) is 0.409. The van der Waals surface area contributed by atoms with Gasteiger partial charge in [0.25, 0.3) is 5.91 Å². The predicted molar refractivity (Wildman–Crippen MR) is 116 cm³/mol. The Morgan fingerprint density at radius 2 is 1.29 bits per heavy atom. The molecular formula is C24H23NO6. The Kier molecular flexibility index (Phi) is 7.48. The van der Waals surface area contributed by atoms with Gasteiger partial charge in [-0.1, -0.05) is 0 Å². The Balaban J connectivity index is 1.48. The Bertz CT molecular complexity index is 998. The van der Waals surface area contributed by atoms with Gasteiger partial charge in [-0.2, -0.15) is 0 Å². The second kappa shape index (κ2) is 10.7. The number of carbonyl (C=O) groups excluding carboxylic acids is 2. The van der Waals surface area contributed by atoms with Crippen LogP contribution in [0.5, 0.6) is 23.0 Å². The highest BCUT2D eigenvalue weighted by Gasteiger charge is 2.10. The number of amides is 1. The van der Waals surface area contributed by atoms with E-state index in [0.29, 0.717) is 35.1 Å². The van der Waals surface area contributed by atoms with Crippen LogP contribution < -0.4 is 24.3 Å². The van der Waals surface area contributed by atoms with Gasteiger partial charge in [-0.25, -0.2) is 4.79 Å². The van der Waals surface area contributed by atoms with Crippen LogP contribution in [0, 0.1) is 0 Å². The molecule has 0 atom stereocenters. The van der Waals surface area contributed by atoms with E-state index in [9.17, 15) is 9.59 Å². The number of hydrogen-bond acceptors (Lipinski definition) is 6. The third-order valence-corrected chi connectivity index (χ3v) is 4.19. The SMILES string of the molecule is CCOc1ccc(OCC(=O)Oc2ccc(C(=O)Nc3ccc(OC)cc3)cc2)cc1. The summed E-state index contributed by atoms with van der Waals surface area (Å²) in [5.74, 6) is 1.46. The fourth-order valence-electron chi connectivity index (χ4n) is 2.65. The average Bonchev–Trinajstić information content (AvgIpc) is 2.80. The van der Waals surface area contributed by atoms with Crippen LogP contribution in [-0.4, -0.2) is 32.2 Å². The fourth-order valence-corrected chi connectivity index (χ4v) is 2.65. The van der Waals surface area contributed by atoms with Crippen LogP contribution in [0.15, 0.2) is 72.8 Å². The molecule has 1 amide bonds. The largest absolute Gasteiger partial charge is 0.497 e. The number of methoxy groups -OCH3 is 1. The average molecular weight is 421 g/mol. The molecule has 3 rings (SSSR count). The molecule has 0 radical (unpaired) electrons. The van der Waals surface area contributed by atoms with E-state index in [1.54, 1.807) is 79.9 Å². The molecule has 7 heteroatoms. The van der Waals surface area contributed by atoms with Crippen LogP contribution in [0.3, 0.4) is 0 Å². The zero-order valence-corrected chi connectivity index (χ0v) is 17.3. The molecule has 0 aromatic heterocycles. The van der Waals surface area contributed by atoms with E-state index >= 15 is 0 Å². The first-order valence-corrected chi connectivity index (χ1v) is 9.69. The molecule has 0 aliphatic rings. The van der Waals surface area contributed by atoms with Gasteiger partial charge in [-0.15, -0.1) is 0 Å². The zero-order valence-electron chi connectivity index (χ0n) is 17.3. The van der Waals surface area contributed by atoms with E-state index in [1.165, 1.54) is 0 Å². The van der Waals surface area contributed by atoms with Crippen molar-refractivity contribution in [3.63, 3.8) is 0 Å². The van der Waals surface area contributed by atoms with Crippen LogP contribution in [0.1, 0.15) is 17.3 Å². The van der Waals surface area contributed by atoms with Gasteiger partial charge >= 0.3 is 5.97 Å². The molecule has 0 aliphatic heterocycles. The number of nitrogens with one attached hydrogen (secondary N) is 1. The number of carbonyl (C=O) groups is 2. The molecule has 0 unspecified atom stereocenters. The van der Waals surface area contributed by atoms with Crippen molar-refractivity contribution in [1.29, 1.82) is 0 Å². The Hall–Kier alpha value is -4.00. The second-order valence-corrected chi connectivity index (χ2v) is 6.37. The lowest BCUT2D eigenvalue weighted by atomic mass is 10.2. The van der Waals surface area contributed by atoms with Gasteiger partial charge in [0.1, 0.15) is 23.0 Å². The summed E-state index contributed by atoms with van der Waals surface area (Å²) in [6, 6.07) is 20.2. The van der Waals surface area contributed by atoms with E-state index in [4.69, 9.17) is 18.9 Å². The molecule has 0 saturated carbocycles. The normalized spacial score (nSPS) is 10.1. The third-order valence-electron chi connectivity index (χ3n) is 4.19. The molecule has 0 saturated heterocycles. The number of esters is 1. The van der Waals surface area contributed by atoms with Crippen molar-refractivity contribution in [2.75, 3.05) is 25.6 Å². The van der Waals surface area contributed by atoms with E-state index in [-0.39, 0.29) is 12.5 Å². The van der Waals surface area contributed by atoms with Crippen LogP contribution in [0.4, 0.5) is 5.69 Å². The summed E-state index contributed by atoms with van der Waals surface area (Å²) in [6.07, 6.45) is 0. The highest BCUT2D eigenvalue weighted by molar-refractivity contribution is 6.04. The molecule has 0 heterocycles. The van der Waals surface area contributed by atoms with Crippen molar-refractivity contribution in [1.82, 2.24) is 0 Å². The van der Waals surface area contributed by atoms with Gasteiger partial charge in [0.2, 0.25) is 0 Å². The Morgan fingerprint density at radius 3 is 1.87 bits per heavy atom. The lowest BCUT2D eigenvalue weighted by molar-refractivity contribution is -0.136. The first kappa shape index (κ1) is 21.7. The van der Waals surface area contributed by atoms with Crippen molar-refractivity contribution in [3.05, 3.63) is 78.4 Å². The fraction of sp³-hybridized carbons (Fsp3) is 0.167. The van der Waals surface area contributed by atoms with Crippen molar-refractivity contribution in [3.8, 4) is 23.0 Å². The van der Waals surface area contributed by atoms with Gasteiger partial charge in [0.05, 0.1) is 13.7 Å². The number of benzene rings is 3. The molecule has 0 spiro atoms.